The van der Waals surface area contributed by atoms with E-state index >= 15 is 0 Å². The summed E-state index contributed by atoms with van der Waals surface area (Å²) < 4.78 is 0. The molecule has 0 spiro atoms. The second-order valence-electron chi connectivity index (χ2n) is 4.65. The molecule has 2 nitrogen and oxygen atoms in total. The van der Waals surface area contributed by atoms with Crippen LogP contribution in [0, 0.1) is 26.0 Å². The number of hydrogen-bond acceptors (Lipinski definition) is 2. The molecule has 4 rings (SSSR count). The van der Waals surface area contributed by atoms with Crippen molar-refractivity contribution < 1.29 is 59.5 Å². The van der Waals surface area contributed by atoms with Crippen LogP contribution in [-0.4, -0.2) is 9.97 Å². The molecule has 0 N–H and O–H groups in total. The largest absolute Gasteiger partial charge is 3.00 e. The molecule has 0 amide bonds. The smallest absolute Gasteiger partial charge is 1.00 e. The van der Waals surface area contributed by atoms with Gasteiger partial charge in [0.1, 0.15) is 0 Å². The summed E-state index contributed by atoms with van der Waals surface area (Å²) in [5.74, 6) is 0. The Labute approximate surface area is 204 Å². The maximum absolute atomic E-state index is 3.87. The molecule has 2 radical (unpaired) electrons. The topological polar surface area (TPSA) is 25.8 Å². The van der Waals surface area contributed by atoms with Crippen LogP contribution in [0.2, 0.25) is 0 Å². The summed E-state index contributed by atoms with van der Waals surface area (Å²) in [4.78, 5) is 7.74. The second-order valence-corrected chi connectivity index (χ2v) is 4.65. The molecular formula is C22H22Cl2Cr2N2. The Morgan fingerprint density at radius 3 is 1.18 bits per heavy atom. The van der Waals surface area contributed by atoms with Gasteiger partial charge < -0.3 is 24.8 Å². The van der Waals surface area contributed by atoms with Crippen molar-refractivity contribution in [3.63, 3.8) is 0 Å². The van der Waals surface area contributed by atoms with Crippen LogP contribution < -0.4 is 24.8 Å². The van der Waals surface area contributed by atoms with Crippen molar-refractivity contribution in [3.8, 4) is 0 Å². The number of halogens is 2. The predicted octanol–water partition coefficient (Wildman–Crippen LogP) is -0.858. The van der Waals surface area contributed by atoms with Gasteiger partial charge in [-0.2, -0.15) is 24.3 Å². The Bertz CT molecular complexity index is 579. The number of nitrogens with zero attached hydrogens (tertiary/aromatic N) is 2. The van der Waals surface area contributed by atoms with Crippen LogP contribution in [0.1, 0.15) is 24.2 Å². The predicted molar refractivity (Wildman–Crippen MR) is 101 cm³/mol. The van der Waals surface area contributed by atoms with Gasteiger partial charge in [0.2, 0.25) is 0 Å². The third-order valence-corrected chi connectivity index (χ3v) is 2.62. The Morgan fingerprint density at radius 1 is 0.679 bits per heavy atom. The van der Waals surface area contributed by atoms with Crippen LogP contribution >= 0.6 is 0 Å². The number of pyridine rings is 2. The summed E-state index contributed by atoms with van der Waals surface area (Å²) in [5, 5.41) is 0. The zero-order valence-corrected chi connectivity index (χ0v) is 19.4. The molecule has 0 aromatic carbocycles. The zero-order chi connectivity index (χ0) is 17.3. The fourth-order valence-electron chi connectivity index (χ4n) is 1.48. The number of aromatic nitrogens is 2. The van der Waals surface area contributed by atoms with E-state index in [1.165, 1.54) is 0 Å². The zero-order valence-electron chi connectivity index (χ0n) is 15.4. The van der Waals surface area contributed by atoms with Crippen molar-refractivity contribution in [3.05, 3.63) is 123 Å². The maximum atomic E-state index is 3.87. The van der Waals surface area contributed by atoms with E-state index in [0.29, 0.717) is 0 Å². The summed E-state index contributed by atoms with van der Waals surface area (Å²) in [5.41, 5.74) is 1.64. The van der Waals surface area contributed by atoms with Gasteiger partial charge in [0.25, 0.3) is 0 Å². The SMILES string of the molecule is [C-]1=CC=CC1.[C-]1=CC=CC1.[CH2-]c1ccccn1.[CH2-]c1ccccn1.[Cl-].[Cl-].[Cr+3].[Cr+3]. The van der Waals surface area contributed by atoms with Crippen molar-refractivity contribution in [2.45, 2.75) is 12.8 Å². The molecule has 0 unspecified atom stereocenters. The quantitative estimate of drug-likeness (QED) is 0.451. The minimum absolute atomic E-state index is 0. The molecule has 0 saturated heterocycles. The van der Waals surface area contributed by atoms with Gasteiger partial charge >= 0.3 is 34.7 Å². The number of hydrogen-bond donors (Lipinski definition) is 0. The fraction of sp³-hybridized carbons (Fsp3) is 0.0909. The third kappa shape index (κ3) is 22.7. The van der Waals surface area contributed by atoms with Gasteiger partial charge in [0, 0.05) is 12.4 Å². The summed E-state index contributed by atoms with van der Waals surface area (Å²) in [6.45, 7) is 7.22. The standard InChI is InChI=1S/2C6H6N.2C5H5.2ClH.2Cr/c2*1-6-4-2-3-5-7-6;2*1-2-4-5-3-1;;;;/h2*2-5H,1H2;2*1-3H,4H2;2*1H;;/q4*-1;;;2*+3/p-2. The number of allylic oxidation sites excluding steroid dienone is 8. The van der Waals surface area contributed by atoms with E-state index in [1.54, 1.807) is 12.4 Å². The molecule has 2 heterocycles. The summed E-state index contributed by atoms with van der Waals surface area (Å²) in [6, 6.07) is 11.3. The Balaban J connectivity index is -0.000000132. The van der Waals surface area contributed by atoms with E-state index < -0.39 is 0 Å². The molecule has 0 saturated carbocycles. The first-order valence-corrected chi connectivity index (χ1v) is 7.68. The fourth-order valence-corrected chi connectivity index (χ4v) is 1.48. The molecule has 6 heteroatoms. The van der Waals surface area contributed by atoms with Crippen LogP contribution in [0.3, 0.4) is 0 Å². The van der Waals surface area contributed by atoms with E-state index in [0.717, 1.165) is 24.2 Å². The van der Waals surface area contributed by atoms with Crippen molar-refractivity contribution in [1.82, 2.24) is 9.97 Å². The molecule has 0 aliphatic heterocycles. The van der Waals surface area contributed by atoms with Crippen molar-refractivity contribution in [2.75, 3.05) is 0 Å². The normalized spacial score (nSPS) is 10.6. The van der Waals surface area contributed by atoms with Gasteiger partial charge in [0.05, 0.1) is 0 Å². The van der Waals surface area contributed by atoms with Crippen molar-refractivity contribution in [2.24, 2.45) is 0 Å². The molecule has 2 aromatic rings. The summed E-state index contributed by atoms with van der Waals surface area (Å²) in [6.07, 6.45) is 23.4. The van der Waals surface area contributed by atoms with Gasteiger partial charge in [-0.25, -0.2) is 38.2 Å². The van der Waals surface area contributed by atoms with E-state index in [1.807, 2.05) is 60.7 Å². The third-order valence-electron chi connectivity index (χ3n) is 2.62. The van der Waals surface area contributed by atoms with E-state index in [-0.39, 0.29) is 59.5 Å². The first-order chi connectivity index (χ1) is 11.8. The van der Waals surface area contributed by atoms with E-state index in [2.05, 4.69) is 48.1 Å². The molecule has 2 aliphatic carbocycles. The monoisotopic (exact) mass is 488 g/mol. The van der Waals surface area contributed by atoms with Crippen LogP contribution in [0.4, 0.5) is 0 Å². The molecule has 28 heavy (non-hydrogen) atoms. The first kappa shape index (κ1) is 34.2. The Morgan fingerprint density at radius 2 is 1.07 bits per heavy atom. The molecule has 0 atom stereocenters. The van der Waals surface area contributed by atoms with Crippen molar-refractivity contribution >= 4 is 0 Å². The van der Waals surface area contributed by atoms with Crippen LogP contribution in [0.15, 0.2) is 85.2 Å². The molecule has 2 aromatic heterocycles. The molecule has 2 aliphatic rings. The Hall–Kier alpha value is -1.36. The van der Waals surface area contributed by atoms with Crippen LogP contribution in [0.5, 0.6) is 0 Å². The Kier molecular flexibility index (Phi) is 31.3. The average Bonchev–Trinajstić information content (AvgIpc) is 3.36. The molecular weight excluding hydrogens is 467 g/mol. The van der Waals surface area contributed by atoms with Gasteiger partial charge in [-0.1, -0.05) is 12.1 Å². The minimum Gasteiger partial charge on any atom is -1.00 e. The van der Waals surface area contributed by atoms with Crippen LogP contribution in [-0.2, 0) is 34.7 Å². The van der Waals surface area contributed by atoms with Gasteiger partial charge in [-0.05, 0) is 0 Å². The van der Waals surface area contributed by atoms with E-state index in [9.17, 15) is 0 Å². The molecule has 146 valence electrons. The summed E-state index contributed by atoms with van der Waals surface area (Å²) in [7, 11) is 0. The maximum Gasteiger partial charge on any atom is 3.00 e. The summed E-state index contributed by atoms with van der Waals surface area (Å²) >= 11 is 0. The molecule has 0 fully saturated rings. The van der Waals surface area contributed by atoms with Gasteiger partial charge in [-0.15, -0.1) is 36.4 Å². The van der Waals surface area contributed by atoms with Crippen molar-refractivity contribution in [1.29, 1.82) is 0 Å². The van der Waals surface area contributed by atoms with Gasteiger partial charge in [0.15, 0.2) is 0 Å². The number of rotatable bonds is 0. The molecule has 0 bridgehead atoms. The van der Waals surface area contributed by atoms with Crippen LogP contribution in [0.25, 0.3) is 0 Å². The average molecular weight is 489 g/mol. The van der Waals surface area contributed by atoms with E-state index in [4.69, 9.17) is 0 Å². The van der Waals surface area contributed by atoms with Gasteiger partial charge in [-0.3, -0.25) is 22.1 Å². The first-order valence-electron chi connectivity index (χ1n) is 7.68. The minimum atomic E-state index is 0. The second kappa shape index (κ2) is 25.6.